The number of hydrogen-bond acceptors (Lipinski definition) is 2. The summed E-state index contributed by atoms with van der Waals surface area (Å²) in [5.74, 6) is 1.33. The summed E-state index contributed by atoms with van der Waals surface area (Å²) in [4.78, 5) is 14.6. The molecule has 0 atom stereocenters. The van der Waals surface area contributed by atoms with Gasteiger partial charge in [-0.15, -0.1) is 0 Å². The zero-order valence-corrected chi connectivity index (χ0v) is 16.6. The molecule has 1 fully saturated rings. The Bertz CT molecular complexity index is 701. The molecule has 1 amide bonds. The molecule has 2 aromatic carbocycles. The lowest BCUT2D eigenvalue weighted by Crippen LogP contribution is -2.40. The Kier molecular flexibility index (Phi) is 7.05. The molecule has 3 rings (SSSR count). The van der Waals surface area contributed by atoms with Crippen molar-refractivity contribution >= 4 is 5.91 Å². The second kappa shape index (κ2) is 9.70. The average molecular weight is 366 g/mol. The van der Waals surface area contributed by atoms with E-state index in [0.29, 0.717) is 24.9 Å². The summed E-state index contributed by atoms with van der Waals surface area (Å²) in [6, 6.07) is 18.8. The molecule has 1 aliphatic heterocycles. The van der Waals surface area contributed by atoms with Crippen LogP contribution < -0.4 is 0 Å². The molecule has 0 radical (unpaired) electrons. The SMILES string of the molecule is CC(C)c1ccc(CC(=O)N2CCC(COCc3ccccc3)CC2)cc1. The molecule has 144 valence electrons. The van der Waals surface area contributed by atoms with Crippen LogP contribution in [0, 0.1) is 5.92 Å². The minimum Gasteiger partial charge on any atom is -0.376 e. The Labute approximate surface area is 163 Å². The fourth-order valence-corrected chi connectivity index (χ4v) is 3.57. The number of likely N-dealkylation sites (tertiary alicyclic amines) is 1. The van der Waals surface area contributed by atoms with Crippen LogP contribution in [0.2, 0.25) is 0 Å². The molecule has 2 aromatic rings. The first-order chi connectivity index (χ1) is 13.1. The number of rotatable bonds is 7. The highest BCUT2D eigenvalue weighted by Crippen LogP contribution is 2.20. The predicted molar refractivity (Wildman–Crippen MR) is 110 cm³/mol. The van der Waals surface area contributed by atoms with Crippen molar-refractivity contribution in [2.45, 2.75) is 45.6 Å². The zero-order valence-electron chi connectivity index (χ0n) is 16.6. The quantitative estimate of drug-likeness (QED) is 0.705. The van der Waals surface area contributed by atoms with Gasteiger partial charge in [0, 0.05) is 19.7 Å². The van der Waals surface area contributed by atoms with Gasteiger partial charge in [-0.3, -0.25) is 4.79 Å². The van der Waals surface area contributed by atoms with Crippen molar-refractivity contribution < 1.29 is 9.53 Å². The summed E-state index contributed by atoms with van der Waals surface area (Å²) in [6.07, 6.45) is 2.58. The number of hydrogen-bond donors (Lipinski definition) is 0. The van der Waals surface area contributed by atoms with E-state index in [0.717, 1.165) is 38.1 Å². The van der Waals surface area contributed by atoms with Crippen molar-refractivity contribution in [2.75, 3.05) is 19.7 Å². The normalized spacial score (nSPS) is 15.3. The van der Waals surface area contributed by atoms with Crippen molar-refractivity contribution in [1.82, 2.24) is 4.90 Å². The van der Waals surface area contributed by atoms with Crippen LogP contribution in [0.5, 0.6) is 0 Å². The van der Waals surface area contributed by atoms with E-state index in [-0.39, 0.29) is 5.91 Å². The van der Waals surface area contributed by atoms with Crippen LogP contribution in [-0.2, 0) is 22.6 Å². The first kappa shape index (κ1) is 19.6. The van der Waals surface area contributed by atoms with E-state index in [9.17, 15) is 4.79 Å². The summed E-state index contributed by atoms with van der Waals surface area (Å²) in [5, 5.41) is 0. The fourth-order valence-electron chi connectivity index (χ4n) is 3.57. The van der Waals surface area contributed by atoms with Crippen LogP contribution in [0.15, 0.2) is 54.6 Å². The minimum atomic E-state index is 0.246. The van der Waals surface area contributed by atoms with Gasteiger partial charge >= 0.3 is 0 Å². The van der Waals surface area contributed by atoms with Crippen LogP contribution in [0.25, 0.3) is 0 Å². The van der Waals surface area contributed by atoms with Gasteiger partial charge in [-0.2, -0.15) is 0 Å². The van der Waals surface area contributed by atoms with Gasteiger partial charge in [0.2, 0.25) is 5.91 Å². The molecule has 27 heavy (non-hydrogen) atoms. The highest BCUT2D eigenvalue weighted by atomic mass is 16.5. The van der Waals surface area contributed by atoms with Crippen LogP contribution in [0.3, 0.4) is 0 Å². The maximum absolute atomic E-state index is 12.6. The molecule has 0 N–H and O–H groups in total. The molecular weight excluding hydrogens is 334 g/mol. The maximum Gasteiger partial charge on any atom is 0.226 e. The standard InChI is InChI=1S/C24H31NO2/c1-19(2)23-10-8-20(9-11-23)16-24(26)25-14-12-22(13-15-25)18-27-17-21-6-4-3-5-7-21/h3-11,19,22H,12-18H2,1-2H3. The second-order valence-electron chi connectivity index (χ2n) is 7.90. The third-order valence-electron chi connectivity index (χ3n) is 5.43. The Balaban J connectivity index is 1.38. The average Bonchev–Trinajstić information content (AvgIpc) is 2.70. The van der Waals surface area contributed by atoms with Gasteiger partial charge < -0.3 is 9.64 Å². The summed E-state index contributed by atoms with van der Waals surface area (Å²) >= 11 is 0. The first-order valence-electron chi connectivity index (χ1n) is 10.1. The Morgan fingerprint density at radius 2 is 1.67 bits per heavy atom. The molecular formula is C24H31NO2. The Hall–Kier alpha value is -2.13. The van der Waals surface area contributed by atoms with E-state index >= 15 is 0 Å². The van der Waals surface area contributed by atoms with Gasteiger partial charge in [-0.25, -0.2) is 0 Å². The van der Waals surface area contributed by atoms with Crippen molar-refractivity contribution in [3.8, 4) is 0 Å². The highest BCUT2D eigenvalue weighted by molar-refractivity contribution is 5.78. The number of nitrogens with zero attached hydrogens (tertiary/aromatic N) is 1. The van der Waals surface area contributed by atoms with Crippen LogP contribution in [-0.4, -0.2) is 30.5 Å². The smallest absolute Gasteiger partial charge is 0.226 e. The van der Waals surface area contributed by atoms with Gasteiger partial charge in [-0.05, 0) is 41.4 Å². The maximum atomic E-state index is 12.6. The molecule has 3 nitrogen and oxygen atoms in total. The van der Waals surface area contributed by atoms with Crippen LogP contribution in [0.4, 0.5) is 0 Å². The lowest BCUT2D eigenvalue weighted by atomic mass is 9.97. The largest absolute Gasteiger partial charge is 0.376 e. The van der Waals surface area contributed by atoms with E-state index in [1.807, 2.05) is 23.1 Å². The predicted octanol–water partition coefficient (Wildman–Crippen LogP) is 4.81. The molecule has 3 heteroatoms. The van der Waals surface area contributed by atoms with Crippen molar-refractivity contribution in [1.29, 1.82) is 0 Å². The van der Waals surface area contributed by atoms with Gasteiger partial charge in [0.15, 0.2) is 0 Å². The van der Waals surface area contributed by atoms with Crippen LogP contribution in [0.1, 0.15) is 49.3 Å². The van der Waals surface area contributed by atoms with Crippen molar-refractivity contribution in [2.24, 2.45) is 5.92 Å². The number of piperidine rings is 1. The molecule has 0 aromatic heterocycles. The third kappa shape index (κ3) is 5.93. The first-order valence-corrected chi connectivity index (χ1v) is 10.1. The van der Waals surface area contributed by atoms with E-state index in [1.54, 1.807) is 0 Å². The molecule has 0 saturated carbocycles. The summed E-state index contributed by atoms with van der Waals surface area (Å²) in [7, 11) is 0. The summed E-state index contributed by atoms with van der Waals surface area (Å²) in [6.45, 7) is 7.53. The molecule has 1 heterocycles. The van der Waals surface area contributed by atoms with Crippen molar-refractivity contribution in [3.63, 3.8) is 0 Å². The minimum absolute atomic E-state index is 0.246. The van der Waals surface area contributed by atoms with E-state index in [1.165, 1.54) is 11.1 Å². The molecule has 0 unspecified atom stereocenters. The number of ether oxygens (including phenoxy) is 1. The molecule has 1 saturated heterocycles. The van der Waals surface area contributed by atoms with Crippen molar-refractivity contribution in [3.05, 3.63) is 71.3 Å². The highest BCUT2D eigenvalue weighted by Gasteiger charge is 2.23. The number of amides is 1. The molecule has 0 bridgehead atoms. The second-order valence-corrected chi connectivity index (χ2v) is 7.90. The van der Waals surface area contributed by atoms with Gasteiger partial charge in [0.25, 0.3) is 0 Å². The Morgan fingerprint density at radius 1 is 1.00 bits per heavy atom. The summed E-state index contributed by atoms with van der Waals surface area (Å²) in [5.41, 5.74) is 3.65. The van der Waals surface area contributed by atoms with Gasteiger partial charge in [-0.1, -0.05) is 68.4 Å². The fraction of sp³-hybridized carbons (Fsp3) is 0.458. The van der Waals surface area contributed by atoms with Gasteiger partial charge in [0.1, 0.15) is 0 Å². The van der Waals surface area contributed by atoms with E-state index in [2.05, 4.69) is 50.2 Å². The molecule has 0 spiro atoms. The van der Waals surface area contributed by atoms with E-state index < -0.39 is 0 Å². The lowest BCUT2D eigenvalue weighted by molar-refractivity contribution is -0.132. The molecule has 1 aliphatic rings. The lowest BCUT2D eigenvalue weighted by Gasteiger charge is -2.32. The molecule has 0 aliphatic carbocycles. The Morgan fingerprint density at radius 3 is 2.30 bits per heavy atom. The van der Waals surface area contributed by atoms with Gasteiger partial charge in [0.05, 0.1) is 13.0 Å². The number of carbonyl (C=O) groups excluding carboxylic acids is 1. The number of carbonyl (C=O) groups is 1. The monoisotopic (exact) mass is 365 g/mol. The zero-order chi connectivity index (χ0) is 19.1. The summed E-state index contributed by atoms with van der Waals surface area (Å²) < 4.78 is 5.88. The third-order valence-corrected chi connectivity index (χ3v) is 5.43. The van der Waals surface area contributed by atoms with E-state index in [4.69, 9.17) is 4.74 Å². The number of benzene rings is 2. The topological polar surface area (TPSA) is 29.5 Å². The van der Waals surface area contributed by atoms with Crippen LogP contribution >= 0.6 is 0 Å².